The Labute approximate surface area is 145 Å². The molecule has 0 N–H and O–H groups in total. The number of rotatable bonds is 7. The Morgan fingerprint density at radius 1 is 1.09 bits per heavy atom. The molecule has 0 aliphatic carbocycles. The van der Waals surface area contributed by atoms with Gasteiger partial charge in [0.05, 0.1) is 18.1 Å². The number of carbonyl (C=O) groups is 1. The Morgan fingerprint density at radius 2 is 1.70 bits per heavy atom. The van der Waals surface area contributed by atoms with Gasteiger partial charge in [0.15, 0.2) is 0 Å². The summed E-state index contributed by atoms with van der Waals surface area (Å²) in [7, 11) is -3.45. The van der Waals surface area contributed by atoms with Gasteiger partial charge in [0.25, 0.3) is 0 Å². The second-order valence-electron chi connectivity index (χ2n) is 4.71. The van der Waals surface area contributed by atoms with E-state index in [0.717, 1.165) is 17.9 Å². The third-order valence-corrected chi connectivity index (χ3v) is 8.45. The number of hydrogen-bond donors (Lipinski definition) is 0. The summed E-state index contributed by atoms with van der Waals surface area (Å²) in [4.78, 5) is 13.4. The largest absolute Gasteiger partial charge is 0.368 e. The van der Waals surface area contributed by atoms with E-state index in [1.54, 1.807) is 26.0 Å². The summed E-state index contributed by atoms with van der Waals surface area (Å²) in [6.07, 6.45) is 0.947. The number of thioether (sulfide) groups is 2. The Balaban J connectivity index is 2.49. The van der Waals surface area contributed by atoms with Gasteiger partial charge >= 0.3 is 7.60 Å². The fraction of sp³-hybridized carbons (Fsp3) is 0.438. The van der Waals surface area contributed by atoms with Crippen molar-refractivity contribution in [3.05, 3.63) is 45.4 Å². The van der Waals surface area contributed by atoms with Gasteiger partial charge in [0, 0.05) is 5.56 Å². The molecule has 4 nitrogen and oxygen atoms in total. The van der Waals surface area contributed by atoms with Crippen LogP contribution in [0.3, 0.4) is 0 Å². The minimum absolute atomic E-state index is 0.111. The smallest absolute Gasteiger partial charge is 0.305 e. The summed E-state index contributed by atoms with van der Waals surface area (Å²) in [6, 6.07) is 9.07. The number of benzene rings is 1. The second kappa shape index (κ2) is 9.09. The lowest BCUT2D eigenvalue weighted by Gasteiger charge is -2.21. The monoisotopic (exact) mass is 372 g/mol. The highest BCUT2D eigenvalue weighted by Crippen LogP contribution is 2.63. The molecule has 0 radical (unpaired) electrons. The van der Waals surface area contributed by atoms with Crippen LogP contribution in [0.15, 0.2) is 39.9 Å². The molecular weight excluding hydrogens is 351 g/mol. The molecule has 0 unspecified atom stereocenters. The molecule has 0 aromatic heterocycles. The molecule has 2 rings (SSSR count). The fourth-order valence-corrected chi connectivity index (χ4v) is 7.31. The van der Waals surface area contributed by atoms with Crippen molar-refractivity contribution in [3.8, 4) is 0 Å². The first-order chi connectivity index (χ1) is 11.1. The van der Waals surface area contributed by atoms with Gasteiger partial charge in [-0.1, -0.05) is 30.3 Å². The molecule has 0 bridgehead atoms. The van der Waals surface area contributed by atoms with Crippen LogP contribution in [0.4, 0.5) is 0 Å². The van der Waals surface area contributed by atoms with Crippen LogP contribution < -0.4 is 0 Å². The molecule has 0 saturated heterocycles. The predicted molar refractivity (Wildman–Crippen MR) is 98.2 cm³/mol. The van der Waals surface area contributed by atoms with E-state index in [4.69, 9.17) is 9.05 Å². The van der Waals surface area contributed by atoms with E-state index in [9.17, 15) is 9.36 Å². The van der Waals surface area contributed by atoms with Crippen LogP contribution in [0.25, 0.3) is 0 Å². The van der Waals surface area contributed by atoms with Gasteiger partial charge in [0.1, 0.15) is 4.65 Å². The average Bonchev–Trinajstić information content (AvgIpc) is 2.82. The van der Waals surface area contributed by atoms with E-state index in [1.807, 2.05) is 18.2 Å². The number of Topliss-reactive ketones (excluding diaryl/α,β-unsaturated/α-hetero) is 1. The van der Waals surface area contributed by atoms with Gasteiger partial charge in [-0.05, 0) is 31.8 Å². The maximum atomic E-state index is 13.2. The molecule has 0 atom stereocenters. The van der Waals surface area contributed by atoms with Crippen molar-refractivity contribution >= 4 is 36.9 Å². The molecule has 1 aliphatic heterocycles. The average molecular weight is 372 g/mol. The van der Waals surface area contributed by atoms with Crippen molar-refractivity contribution < 1.29 is 18.4 Å². The third kappa shape index (κ3) is 4.74. The van der Waals surface area contributed by atoms with Crippen molar-refractivity contribution in [1.29, 1.82) is 0 Å². The summed E-state index contributed by atoms with van der Waals surface area (Å²) in [6.45, 7) is 4.11. The maximum Gasteiger partial charge on any atom is 0.368 e. The van der Waals surface area contributed by atoms with E-state index in [-0.39, 0.29) is 19.0 Å². The molecule has 0 spiro atoms. The molecule has 1 aromatic carbocycles. The van der Waals surface area contributed by atoms with Gasteiger partial charge in [-0.25, -0.2) is 0 Å². The van der Waals surface area contributed by atoms with Crippen molar-refractivity contribution in [1.82, 2.24) is 0 Å². The predicted octanol–water partition coefficient (Wildman–Crippen LogP) is 5.17. The molecule has 1 aromatic rings. The number of carbonyl (C=O) groups excluding carboxylic acids is 1. The van der Waals surface area contributed by atoms with Gasteiger partial charge in [-0.15, -0.1) is 23.5 Å². The first-order valence-electron chi connectivity index (χ1n) is 7.61. The van der Waals surface area contributed by atoms with E-state index in [1.165, 1.54) is 23.5 Å². The van der Waals surface area contributed by atoms with Crippen LogP contribution in [0.1, 0.15) is 30.6 Å². The zero-order valence-corrected chi connectivity index (χ0v) is 15.8. The summed E-state index contributed by atoms with van der Waals surface area (Å²) >= 11 is 2.88. The molecule has 23 heavy (non-hydrogen) atoms. The van der Waals surface area contributed by atoms with Gasteiger partial charge in [0.2, 0.25) is 5.78 Å². The van der Waals surface area contributed by atoms with Crippen molar-refractivity contribution in [3.63, 3.8) is 0 Å². The number of allylic oxidation sites excluding steroid dienone is 1. The van der Waals surface area contributed by atoms with Gasteiger partial charge in [-0.3, -0.25) is 9.36 Å². The first-order valence-corrected chi connectivity index (χ1v) is 11.1. The summed E-state index contributed by atoms with van der Waals surface area (Å²) in [5.41, 5.74) is 0.592. The lowest BCUT2D eigenvalue weighted by atomic mass is 10.1. The van der Waals surface area contributed by atoms with Crippen LogP contribution >= 0.6 is 31.1 Å². The van der Waals surface area contributed by atoms with Crippen LogP contribution in [0.2, 0.25) is 0 Å². The molecule has 1 heterocycles. The van der Waals surface area contributed by atoms with Crippen LogP contribution in [0, 0.1) is 0 Å². The number of ketones is 1. The van der Waals surface area contributed by atoms with Gasteiger partial charge in [-0.2, -0.15) is 0 Å². The maximum absolute atomic E-state index is 13.2. The molecule has 1 aliphatic rings. The molecule has 126 valence electrons. The minimum atomic E-state index is -3.45. The third-order valence-electron chi connectivity index (χ3n) is 3.06. The highest BCUT2D eigenvalue weighted by molar-refractivity contribution is 8.12. The van der Waals surface area contributed by atoms with E-state index < -0.39 is 7.60 Å². The first kappa shape index (κ1) is 18.8. The van der Waals surface area contributed by atoms with Crippen molar-refractivity contribution in [2.75, 3.05) is 24.7 Å². The minimum Gasteiger partial charge on any atom is -0.305 e. The van der Waals surface area contributed by atoms with E-state index in [2.05, 4.69) is 0 Å². The zero-order chi connectivity index (χ0) is 16.7. The van der Waals surface area contributed by atoms with Crippen molar-refractivity contribution in [2.24, 2.45) is 0 Å². The lowest BCUT2D eigenvalue weighted by molar-refractivity contribution is 0.104. The molecule has 0 amide bonds. The van der Waals surface area contributed by atoms with E-state index in [0.29, 0.717) is 15.1 Å². The highest BCUT2D eigenvalue weighted by atomic mass is 32.2. The van der Waals surface area contributed by atoms with Gasteiger partial charge < -0.3 is 9.05 Å². The number of hydrogen-bond acceptors (Lipinski definition) is 6. The Kier molecular flexibility index (Phi) is 7.44. The quantitative estimate of drug-likeness (QED) is 0.486. The second-order valence-corrected chi connectivity index (χ2v) is 9.18. The molecule has 0 fully saturated rings. The summed E-state index contributed by atoms with van der Waals surface area (Å²) in [5, 5.41) is 0. The van der Waals surface area contributed by atoms with Crippen molar-refractivity contribution in [2.45, 2.75) is 20.3 Å². The Hall–Kier alpha value is -0.520. The van der Waals surface area contributed by atoms with E-state index >= 15 is 0 Å². The Bertz CT molecular complexity index is 606. The summed E-state index contributed by atoms with van der Waals surface area (Å²) in [5.74, 6) is 1.51. The summed E-state index contributed by atoms with van der Waals surface area (Å²) < 4.78 is 24.6. The molecular formula is C16H21O4PS2. The highest BCUT2D eigenvalue weighted by Gasteiger charge is 2.36. The lowest BCUT2D eigenvalue weighted by Crippen LogP contribution is -2.06. The topological polar surface area (TPSA) is 52.6 Å². The normalized spacial score (nSPS) is 16.3. The zero-order valence-electron chi connectivity index (χ0n) is 13.3. The Morgan fingerprint density at radius 3 is 2.30 bits per heavy atom. The fourth-order valence-electron chi connectivity index (χ4n) is 2.11. The van der Waals surface area contributed by atoms with Crippen LogP contribution in [-0.2, 0) is 13.6 Å². The van der Waals surface area contributed by atoms with Crippen LogP contribution in [0.5, 0.6) is 0 Å². The van der Waals surface area contributed by atoms with Crippen LogP contribution in [-0.4, -0.2) is 30.5 Å². The SMILES string of the molecule is CCOP(=O)(OCC)C1=C(C(=O)c2ccccc2)SCCCS1. The molecule has 0 saturated carbocycles. The standard InChI is InChI=1S/C16H21O4PS2/c1-3-19-21(18,20-4-2)16-15(22-11-8-12-23-16)14(17)13-9-6-5-7-10-13/h5-7,9-10H,3-4,8,11-12H2,1-2H3. The molecule has 7 heteroatoms.